The van der Waals surface area contributed by atoms with Crippen LogP contribution in [0.3, 0.4) is 0 Å². The van der Waals surface area contributed by atoms with Crippen LogP contribution in [0.5, 0.6) is 5.75 Å². The van der Waals surface area contributed by atoms with Crippen molar-refractivity contribution >= 4 is 28.9 Å². The number of piperazine rings is 1. The number of hydrogen-bond acceptors (Lipinski definition) is 5. The molecule has 1 aliphatic carbocycles. The van der Waals surface area contributed by atoms with Crippen molar-refractivity contribution in [3.05, 3.63) is 48.0 Å². The maximum atomic E-state index is 12.9. The number of rotatable bonds is 8. The number of ether oxygens (including phenoxy) is 1. The third-order valence-corrected chi connectivity index (χ3v) is 6.04. The van der Waals surface area contributed by atoms with E-state index in [1.165, 1.54) is 0 Å². The van der Waals surface area contributed by atoms with Gasteiger partial charge in [0.1, 0.15) is 5.75 Å². The van der Waals surface area contributed by atoms with Crippen molar-refractivity contribution in [2.24, 2.45) is 5.92 Å². The molecule has 0 radical (unpaired) electrons. The largest absolute Gasteiger partial charge is 0.495 e. The number of carbonyl (C=O) groups is 2. The van der Waals surface area contributed by atoms with Gasteiger partial charge < -0.3 is 25.2 Å². The molecule has 2 amide bonds. The van der Waals surface area contributed by atoms with Crippen molar-refractivity contribution in [2.45, 2.75) is 26.2 Å². The molecule has 2 aliphatic rings. The van der Waals surface area contributed by atoms with Gasteiger partial charge in [-0.1, -0.05) is 19.1 Å². The molecule has 170 valence electrons. The molecule has 0 atom stereocenters. The van der Waals surface area contributed by atoms with Crippen LogP contribution in [0.4, 0.5) is 17.1 Å². The van der Waals surface area contributed by atoms with E-state index in [1.807, 2.05) is 43.3 Å². The van der Waals surface area contributed by atoms with Crippen LogP contribution < -0.4 is 25.2 Å². The number of hydrogen-bond donors (Lipinski definition) is 2. The average Bonchev–Trinajstić information content (AvgIpc) is 3.68. The maximum Gasteiger partial charge on any atom is 0.253 e. The van der Waals surface area contributed by atoms with Gasteiger partial charge in [-0.05, 0) is 49.6 Å². The van der Waals surface area contributed by atoms with Crippen molar-refractivity contribution in [3.63, 3.8) is 0 Å². The molecule has 2 fully saturated rings. The number of anilines is 3. The molecule has 0 bridgehead atoms. The fourth-order valence-electron chi connectivity index (χ4n) is 4.07. The second kappa shape index (κ2) is 9.94. The summed E-state index contributed by atoms with van der Waals surface area (Å²) in [6.07, 6.45) is 2.77. The first-order chi connectivity index (χ1) is 15.6. The summed E-state index contributed by atoms with van der Waals surface area (Å²) in [6.45, 7) is 5.90. The lowest BCUT2D eigenvalue weighted by Gasteiger charge is -2.38. The third kappa shape index (κ3) is 4.98. The Morgan fingerprint density at radius 1 is 1.00 bits per heavy atom. The highest BCUT2D eigenvalue weighted by Crippen LogP contribution is 2.33. The monoisotopic (exact) mass is 436 g/mol. The highest BCUT2D eigenvalue weighted by atomic mass is 16.5. The van der Waals surface area contributed by atoms with Crippen LogP contribution in [0.25, 0.3) is 0 Å². The van der Waals surface area contributed by atoms with Gasteiger partial charge in [0.15, 0.2) is 0 Å². The van der Waals surface area contributed by atoms with E-state index in [2.05, 4.69) is 26.5 Å². The number of benzene rings is 2. The van der Waals surface area contributed by atoms with E-state index in [9.17, 15) is 9.59 Å². The Bertz CT molecular complexity index is 965. The van der Waals surface area contributed by atoms with Crippen LogP contribution in [0, 0.1) is 5.92 Å². The molecule has 7 nitrogen and oxygen atoms in total. The lowest BCUT2D eigenvalue weighted by Crippen LogP contribution is -2.47. The molecule has 0 aromatic heterocycles. The van der Waals surface area contributed by atoms with E-state index >= 15 is 0 Å². The fourth-order valence-corrected chi connectivity index (χ4v) is 4.07. The lowest BCUT2D eigenvalue weighted by molar-refractivity contribution is -0.117. The Morgan fingerprint density at radius 3 is 2.34 bits per heavy atom. The average molecular weight is 437 g/mol. The Labute approximate surface area is 189 Å². The first-order valence-electron chi connectivity index (χ1n) is 11.5. The van der Waals surface area contributed by atoms with Crippen LogP contribution >= 0.6 is 0 Å². The molecule has 7 heteroatoms. The molecule has 2 aromatic carbocycles. The smallest absolute Gasteiger partial charge is 0.253 e. The van der Waals surface area contributed by atoms with Crippen molar-refractivity contribution in [1.82, 2.24) is 5.32 Å². The van der Waals surface area contributed by atoms with E-state index in [1.54, 1.807) is 7.11 Å². The van der Waals surface area contributed by atoms with Crippen LogP contribution in [0.15, 0.2) is 42.5 Å². The summed E-state index contributed by atoms with van der Waals surface area (Å²) in [6, 6.07) is 13.7. The van der Waals surface area contributed by atoms with Crippen molar-refractivity contribution in [2.75, 3.05) is 55.0 Å². The van der Waals surface area contributed by atoms with Crippen LogP contribution in [0.1, 0.15) is 36.5 Å². The van der Waals surface area contributed by atoms with Gasteiger partial charge in [-0.3, -0.25) is 9.59 Å². The summed E-state index contributed by atoms with van der Waals surface area (Å²) < 4.78 is 5.52. The highest BCUT2D eigenvalue weighted by Gasteiger charge is 2.30. The number of carbonyl (C=O) groups excluding carboxylic acids is 2. The number of amides is 2. The SMILES string of the molecule is CCCNC(=O)c1cc(NC(=O)C2CC2)ccc1N1CCN(c2ccccc2OC)CC1. The number of nitrogens with one attached hydrogen (secondary N) is 2. The summed E-state index contributed by atoms with van der Waals surface area (Å²) in [7, 11) is 1.69. The first-order valence-corrected chi connectivity index (χ1v) is 11.5. The zero-order chi connectivity index (χ0) is 22.5. The predicted octanol–water partition coefficient (Wildman–Crippen LogP) is 3.51. The Hall–Kier alpha value is -3.22. The summed E-state index contributed by atoms with van der Waals surface area (Å²) in [5.74, 6) is 0.936. The van der Waals surface area contributed by atoms with Gasteiger partial charge in [-0.25, -0.2) is 0 Å². The summed E-state index contributed by atoms with van der Waals surface area (Å²) in [5.41, 5.74) is 3.29. The number of para-hydroxylation sites is 2. The summed E-state index contributed by atoms with van der Waals surface area (Å²) in [4.78, 5) is 29.7. The molecule has 32 heavy (non-hydrogen) atoms. The Morgan fingerprint density at radius 2 is 1.69 bits per heavy atom. The summed E-state index contributed by atoms with van der Waals surface area (Å²) in [5, 5.41) is 5.96. The van der Waals surface area contributed by atoms with E-state index in [0.29, 0.717) is 17.8 Å². The van der Waals surface area contributed by atoms with E-state index in [0.717, 1.165) is 62.6 Å². The van der Waals surface area contributed by atoms with Crippen molar-refractivity contribution in [3.8, 4) is 5.75 Å². The number of methoxy groups -OCH3 is 1. The van der Waals surface area contributed by atoms with Crippen molar-refractivity contribution in [1.29, 1.82) is 0 Å². The van der Waals surface area contributed by atoms with E-state index in [-0.39, 0.29) is 17.7 Å². The van der Waals surface area contributed by atoms with Crippen LogP contribution in [0.2, 0.25) is 0 Å². The molecule has 0 spiro atoms. The second-order valence-electron chi connectivity index (χ2n) is 8.40. The molecule has 1 aliphatic heterocycles. The molecule has 1 saturated heterocycles. The Kier molecular flexibility index (Phi) is 6.83. The van der Waals surface area contributed by atoms with Gasteiger partial charge in [0, 0.05) is 50.0 Å². The minimum atomic E-state index is -0.100. The van der Waals surface area contributed by atoms with Gasteiger partial charge in [-0.2, -0.15) is 0 Å². The highest BCUT2D eigenvalue weighted by molar-refractivity contribution is 6.02. The lowest BCUT2D eigenvalue weighted by atomic mass is 10.1. The molecular weight excluding hydrogens is 404 g/mol. The van der Waals surface area contributed by atoms with Gasteiger partial charge in [0.2, 0.25) is 5.91 Å². The third-order valence-electron chi connectivity index (χ3n) is 6.04. The van der Waals surface area contributed by atoms with E-state index in [4.69, 9.17) is 4.74 Å². The molecule has 2 N–H and O–H groups in total. The fraction of sp³-hybridized carbons (Fsp3) is 0.440. The zero-order valence-electron chi connectivity index (χ0n) is 18.9. The van der Waals surface area contributed by atoms with Crippen molar-refractivity contribution < 1.29 is 14.3 Å². The van der Waals surface area contributed by atoms with Gasteiger partial charge in [0.05, 0.1) is 18.4 Å². The van der Waals surface area contributed by atoms with Gasteiger partial charge >= 0.3 is 0 Å². The molecule has 2 aromatic rings. The molecular formula is C25H32N4O3. The maximum absolute atomic E-state index is 12.9. The normalized spacial score (nSPS) is 15.9. The molecule has 1 saturated carbocycles. The standard InChI is InChI=1S/C25H32N4O3/c1-3-12-26-25(31)20-17-19(27-24(30)18-8-9-18)10-11-21(20)28-13-15-29(16-14-28)22-6-4-5-7-23(22)32-2/h4-7,10-11,17-18H,3,8-9,12-16H2,1-2H3,(H,26,31)(H,27,30). The van der Waals surface area contributed by atoms with Crippen LogP contribution in [-0.2, 0) is 4.79 Å². The zero-order valence-corrected chi connectivity index (χ0v) is 18.9. The first kappa shape index (κ1) is 22.0. The summed E-state index contributed by atoms with van der Waals surface area (Å²) >= 11 is 0. The van der Waals surface area contributed by atoms with Crippen LogP contribution in [-0.4, -0.2) is 51.6 Å². The minimum Gasteiger partial charge on any atom is -0.495 e. The second-order valence-corrected chi connectivity index (χ2v) is 8.40. The topological polar surface area (TPSA) is 73.9 Å². The molecule has 1 heterocycles. The molecule has 4 rings (SSSR count). The van der Waals surface area contributed by atoms with Gasteiger partial charge in [-0.15, -0.1) is 0 Å². The van der Waals surface area contributed by atoms with E-state index < -0.39 is 0 Å². The minimum absolute atomic E-state index is 0.0445. The Balaban J connectivity index is 1.51. The predicted molar refractivity (Wildman–Crippen MR) is 128 cm³/mol. The quantitative estimate of drug-likeness (QED) is 0.663. The number of nitrogens with zero attached hydrogens (tertiary/aromatic N) is 2. The van der Waals surface area contributed by atoms with Gasteiger partial charge in [0.25, 0.3) is 5.91 Å². The molecule has 0 unspecified atom stereocenters.